The van der Waals surface area contributed by atoms with Gasteiger partial charge >= 0.3 is 0 Å². The van der Waals surface area contributed by atoms with E-state index >= 15 is 0 Å². The van der Waals surface area contributed by atoms with Crippen LogP contribution in [-0.4, -0.2) is 35.2 Å². The predicted octanol–water partition coefficient (Wildman–Crippen LogP) is 3.38. The molecule has 1 saturated heterocycles. The minimum atomic E-state index is 0.501. The Morgan fingerprint density at radius 3 is 2.48 bits per heavy atom. The number of nitrogens with zero attached hydrogens (tertiary/aromatic N) is 1. The van der Waals surface area contributed by atoms with Crippen LogP contribution in [0, 0.1) is 0 Å². The maximum atomic E-state index is 5.50. The number of para-hydroxylation sites is 1. The molecule has 1 heterocycles. The smallest absolute Gasteiger partial charge is 0.171 e. The molecule has 0 bridgehead atoms. The third-order valence-electron chi connectivity index (χ3n) is 4.69. The van der Waals surface area contributed by atoms with Gasteiger partial charge in [0.25, 0.3) is 0 Å². The second kappa shape index (κ2) is 7.23. The highest BCUT2D eigenvalue weighted by Crippen LogP contribution is 2.26. The monoisotopic (exact) mass is 303 g/mol. The van der Waals surface area contributed by atoms with Gasteiger partial charge < -0.3 is 10.6 Å². The van der Waals surface area contributed by atoms with Gasteiger partial charge in [-0.1, -0.05) is 31.0 Å². The molecule has 2 atom stereocenters. The molecule has 1 aliphatic carbocycles. The largest absolute Gasteiger partial charge is 0.358 e. The second-order valence-electron chi connectivity index (χ2n) is 6.17. The van der Waals surface area contributed by atoms with E-state index in [4.69, 9.17) is 12.2 Å². The molecule has 2 N–H and O–H groups in total. The molecule has 1 aromatic rings. The van der Waals surface area contributed by atoms with Gasteiger partial charge in [0.15, 0.2) is 5.11 Å². The molecule has 0 amide bonds. The lowest BCUT2D eigenvalue weighted by molar-refractivity contribution is 0.159. The van der Waals surface area contributed by atoms with Crippen LogP contribution in [0.5, 0.6) is 0 Å². The third kappa shape index (κ3) is 3.95. The van der Waals surface area contributed by atoms with Gasteiger partial charge in [-0.15, -0.1) is 0 Å². The van der Waals surface area contributed by atoms with Crippen molar-refractivity contribution in [3.63, 3.8) is 0 Å². The van der Waals surface area contributed by atoms with Crippen molar-refractivity contribution in [2.24, 2.45) is 0 Å². The number of thiocarbonyl (C=S) groups is 1. The van der Waals surface area contributed by atoms with Gasteiger partial charge in [-0.3, -0.25) is 4.90 Å². The van der Waals surface area contributed by atoms with Gasteiger partial charge in [-0.25, -0.2) is 0 Å². The topological polar surface area (TPSA) is 27.3 Å². The lowest BCUT2D eigenvalue weighted by Gasteiger charge is -2.38. The minimum absolute atomic E-state index is 0.501. The molecule has 1 aliphatic heterocycles. The number of hydrogen-bond acceptors (Lipinski definition) is 2. The van der Waals surface area contributed by atoms with E-state index < -0.39 is 0 Å². The first-order valence-electron chi connectivity index (χ1n) is 8.19. The Morgan fingerprint density at radius 1 is 1.00 bits per heavy atom. The SMILES string of the molecule is S=C(Nc1ccccc1)N[C@H]1CCCC[C@@H]1N1CCCC1. The van der Waals surface area contributed by atoms with Gasteiger partial charge in [0.1, 0.15) is 0 Å². The van der Waals surface area contributed by atoms with Crippen molar-refractivity contribution in [2.45, 2.75) is 50.6 Å². The zero-order valence-electron chi connectivity index (χ0n) is 12.6. The summed E-state index contributed by atoms with van der Waals surface area (Å²) < 4.78 is 0. The van der Waals surface area contributed by atoms with E-state index in [2.05, 4.69) is 15.5 Å². The van der Waals surface area contributed by atoms with Gasteiger partial charge in [-0.2, -0.15) is 0 Å². The van der Waals surface area contributed by atoms with Crippen LogP contribution in [0.25, 0.3) is 0 Å². The van der Waals surface area contributed by atoms with Gasteiger partial charge in [0.2, 0.25) is 0 Å². The summed E-state index contributed by atoms with van der Waals surface area (Å²) in [4.78, 5) is 2.67. The molecule has 1 aromatic carbocycles. The van der Waals surface area contributed by atoms with E-state index in [-0.39, 0.29) is 0 Å². The standard InChI is InChI=1S/C17H25N3S/c21-17(18-14-8-2-1-3-9-14)19-15-10-4-5-11-16(15)20-12-6-7-13-20/h1-3,8-9,15-16H,4-7,10-13H2,(H2,18,19,21)/t15-,16-/m0/s1. The van der Waals surface area contributed by atoms with Gasteiger partial charge in [0.05, 0.1) is 0 Å². The number of anilines is 1. The number of likely N-dealkylation sites (tertiary alicyclic amines) is 1. The Morgan fingerprint density at radius 2 is 1.71 bits per heavy atom. The summed E-state index contributed by atoms with van der Waals surface area (Å²) in [5.41, 5.74) is 1.06. The molecular formula is C17H25N3S. The second-order valence-corrected chi connectivity index (χ2v) is 6.57. The first-order valence-corrected chi connectivity index (χ1v) is 8.60. The lowest BCUT2D eigenvalue weighted by atomic mass is 9.89. The summed E-state index contributed by atoms with van der Waals surface area (Å²) in [7, 11) is 0. The molecule has 21 heavy (non-hydrogen) atoms. The van der Waals surface area contributed by atoms with Crippen LogP contribution in [0.4, 0.5) is 5.69 Å². The fourth-order valence-electron chi connectivity index (χ4n) is 3.65. The molecule has 1 saturated carbocycles. The van der Waals surface area contributed by atoms with Crippen LogP contribution in [0.1, 0.15) is 38.5 Å². The number of rotatable bonds is 3. The van der Waals surface area contributed by atoms with Crippen molar-refractivity contribution in [1.29, 1.82) is 0 Å². The molecule has 114 valence electrons. The average Bonchev–Trinajstić information content (AvgIpc) is 3.03. The number of nitrogens with one attached hydrogen (secondary N) is 2. The Bertz CT molecular complexity index is 456. The van der Waals surface area contributed by atoms with E-state index in [1.165, 1.54) is 51.6 Å². The number of hydrogen-bond donors (Lipinski definition) is 2. The van der Waals surface area contributed by atoms with E-state index in [1.807, 2.05) is 30.3 Å². The Balaban J connectivity index is 1.57. The molecular weight excluding hydrogens is 278 g/mol. The van der Waals surface area contributed by atoms with Crippen LogP contribution < -0.4 is 10.6 Å². The van der Waals surface area contributed by atoms with Crippen molar-refractivity contribution in [2.75, 3.05) is 18.4 Å². The van der Waals surface area contributed by atoms with Crippen LogP contribution in [0.2, 0.25) is 0 Å². The highest BCUT2D eigenvalue weighted by Gasteiger charge is 2.31. The molecule has 2 aliphatic rings. The van der Waals surface area contributed by atoms with Crippen molar-refractivity contribution < 1.29 is 0 Å². The third-order valence-corrected chi connectivity index (χ3v) is 4.91. The minimum Gasteiger partial charge on any atom is -0.358 e. The van der Waals surface area contributed by atoms with Crippen LogP contribution in [0.15, 0.2) is 30.3 Å². The molecule has 0 unspecified atom stereocenters. The van der Waals surface area contributed by atoms with E-state index in [0.29, 0.717) is 12.1 Å². The lowest BCUT2D eigenvalue weighted by Crippen LogP contribution is -2.53. The van der Waals surface area contributed by atoms with E-state index in [9.17, 15) is 0 Å². The molecule has 3 nitrogen and oxygen atoms in total. The van der Waals surface area contributed by atoms with Crippen LogP contribution in [0.3, 0.4) is 0 Å². The first kappa shape index (κ1) is 14.8. The zero-order chi connectivity index (χ0) is 14.5. The quantitative estimate of drug-likeness (QED) is 0.837. The fourth-order valence-corrected chi connectivity index (χ4v) is 3.92. The Labute approximate surface area is 133 Å². The van der Waals surface area contributed by atoms with Gasteiger partial charge in [-0.05, 0) is 63.1 Å². The highest BCUT2D eigenvalue weighted by molar-refractivity contribution is 7.80. The van der Waals surface area contributed by atoms with Crippen molar-refractivity contribution >= 4 is 23.0 Å². The molecule has 2 fully saturated rings. The van der Waals surface area contributed by atoms with Crippen molar-refractivity contribution in [3.05, 3.63) is 30.3 Å². The summed E-state index contributed by atoms with van der Waals surface area (Å²) in [5.74, 6) is 0. The summed E-state index contributed by atoms with van der Waals surface area (Å²) in [5, 5.41) is 7.64. The molecule has 4 heteroatoms. The number of benzene rings is 1. The average molecular weight is 303 g/mol. The Hall–Kier alpha value is -1.13. The fraction of sp³-hybridized carbons (Fsp3) is 0.588. The van der Waals surface area contributed by atoms with E-state index in [1.54, 1.807) is 0 Å². The maximum Gasteiger partial charge on any atom is 0.171 e. The molecule has 0 radical (unpaired) electrons. The highest BCUT2D eigenvalue weighted by atomic mass is 32.1. The molecule has 3 rings (SSSR count). The zero-order valence-corrected chi connectivity index (χ0v) is 13.4. The molecule has 0 spiro atoms. The summed E-state index contributed by atoms with van der Waals surface area (Å²) in [6, 6.07) is 11.3. The van der Waals surface area contributed by atoms with Crippen LogP contribution >= 0.6 is 12.2 Å². The van der Waals surface area contributed by atoms with Crippen molar-refractivity contribution in [3.8, 4) is 0 Å². The summed E-state index contributed by atoms with van der Waals surface area (Å²) in [6.45, 7) is 2.53. The first-order chi connectivity index (χ1) is 10.3. The van der Waals surface area contributed by atoms with Crippen LogP contribution in [-0.2, 0) is 0 Å². The predicted molar refractivity (Wildman–Crippen MR) is 92.6 cm³/mol. The maximum absolute atomic E-state index is 5.50. The van der Waals surface area contributed by atoms with Gasteiger partial charge in [0, 0.05) is 17.8 Å². The molecule has 0 aromatic heterocycles. The summed E-state index contributed by atoms with van der Waals surface area (Å²) >= 11 is 5.50. The normalized spacial score (nSPS) is 26.5. The van der Waals surface area contributed by atoms with E-state index in [0.717, 1.165) is 10.8 Å². The summed E-state index contributed by atoms with van der Waals surface area (Å²) in [6.07, 6.45) is 7.93. The van der Waals surface area contributed by atoms with Crippen molar-refractivity contribution in [1.82, 2.24) is 10.2 Å². The Kier molecular flexibility index (Phi) is 5.09.